The third-order valence-corrected chi connectivity index (χ3v) is 7.20. The van der Waals surface area contributed by atoms with Crippen LogP contribution >= 0.6 is 0 Å². The van der Waals surface area contributed by atoms with Gasteiger partial charge < -0.3 is 26.2 Å². The number of aliphatic hydroxyl groups excluding tert-OH is 1. The van der Waals surface area contributed by atoms with E-state index in [0.29, 0.717) is 16.9 Å². The van der Waals surface area contributed by atoms with Crippen molar-refractivity contribution in [2.45, 2.75) is 78.1 Å². The maximum atomic E-state index is 13.2. The van der Waals surface area contributed by atoms with Gasteiger partial charge in [0.25, 0.3) is 0 Å². The molecule has 2 aromatic carbocycles. The second-order valence-electron chi connectivity index (χ2n) is 10.9. The molecule has 2 aromatic rings. The first-order chi connectivity index (χ1) is 20.5. The fourth-order valence-corrected chi connectivity index (χ4v) is 4.33. The Morgan fingerprint density at radius 1 is 1.05 bits per heavy atom. The molecule has 4 atom stereocenters. The second-order valence-corrected chi connectivity index (χ2v) is 10.9. The summed E-state index contributed by atoms with van der Waals surface area (Å²) in [6, 6.07) is 13.2. The van der Waals surface area contributed by atoms with E-state index in [1.165, 1.54) is 20.8 Å². The van der Waals surface area contributed by atoms with Crippen molar-refractivity contribution < 1.29 is 33.8 Å². The van der Waals surface area contributed by atoms with Crippen molar-refractivity contribution in [1.82, 2.24) is 15.5 Å². The minimum atomic E-state index is -1.35. The lowest BCUT2D eigenvalue weighted by atomic mass is 9.83. The Morgan fingerprint density at radius 2 is 1.70 bits per heavy atom. The monoisotopic (exact) mass is 595 g/mol. The molecule has 1 radical (unpaired) electrons. The lowest BCUT2D eigenvalue weighted by Gasteiger charge is -2.34. The lowest BCUT2D eigenvalue weighted by molar-refractivity contribution is -0.139. The number of carbonyl (C=O) groups excluding carboxylic acids is 5. The molecule has 5 N–H and O–H groups in total. The molecule has 11 heteroatoms. The van der Waals surface area contributed by atoms with Gasteiger partial charge in [-0.1, -0.05) is 81.3 Å². The predicted molar refractivity (Wildman–Crippen MR) is 162 cm³/mol. The van der Waals surface area contributed by atoms with E-state index in [4.69, 9.17) is 10.5 Å². The molecule has 0 fully saturated rings. The van der Waals surface area contributed by atoms with Gasteiger partial charge in [-0.3, -0.25) is 19.2 Å². The Kier molecular flexibility index (Phi) is 14.0. The summed E-state index contributed by atoms with van der Waals surface area (Å²) in [6.45, 7) is 5.23. The summed E-state index contributed by atoms with van der Waals surface area (Å²) in [5, 5.41) is 15.2. The van der Waals surface area contributed by atoms with Gasteiger partial charge >= 0.3 is 6.09 Å². The standard InChI is InChI=1S/C32H43N4O7/c1-5-6-8-17-28(39)35-27(18-37)32(4,21-38)20-34-29(40)23(3)36(30(41)22(2)33)31(42)43-19-25-15-11-12-16-26(25)24-13-9-7-10-14-24/h7,9-16,22-23,27,38H,5-6,8,17,19-21,33H2,1-4H3,(H,34,40)(H,35,39)/t22-,23-,27?,32?/m0/s1. The van der Waals surface area contributed by atoms with E-state index in [1.807, 2.05) is 49.4 Å². The maximum absolute atomic E-state index is 13.2. The van der Waals surface area contributed by atoms with E-state index in [9.17, 15) is 29.1 Å². The molecule has 233 valence electrons. The van der Waals surface area contributed by atoms with Gasteiger partial charge in [0.15, 0.2) is 0 Å². The van der Waals surface area contributed by atoms with Crippen LogP contribution in [0, 0.1) is 5.41 Å². The summed E-state index contributed by atoms with van der Waals surface area (Å²) >= 11 is 0. The molecule has 0 aliphatic rings. The van der Waals surface area contributed by atoms with Gasteiger partial charge in [-0.05, 0) is 37.0 Å². The van der Waals surface area contributed by atoms with Crippen LogP contribution in [0.15, 0.2) is 54.6 Å². The number of nitrogens with two attached hydrogens (primary N) is 1. The van der Waals surface area contributed by atoms with Crippen LogP contribution in [0.3, 0.4) is 0 Å². The topological polar surface area (TPSA) is 168 Å². The molecule has 4 amide bonds. The normalized spacial score (nSPS) is 14.4. The van der Waals surface area contributed by atoms with Crippen LogP contribution in [0.1, 0.15) is 58.9 Å². The van der Waals surface area contributed by atoms with Gasteiger partial charge in [0.05, 0.1) is 12.6 Å². The zero-order chi connectivity index (χ0) is 32.0. The number of nitrogens with one attached hydrogen (secondary N) is 2. The van der Waals surface area contributed by atoms with Crippen LogP contribution in [0.25, 0.3) is 11.1 Å². The summed E-state index contributed by atoms with van der Waals surface area (Å²) in [6.07, 6.45) is 3.32. The molecule has 0 spiro atoms. The number of imide groups is 1. The highest BCUT2D eigenvalue weighted by atomic mass is 16.6. The van der Waals surface area contributed by atoms with E-state index >= 15 is 0 Å². The zero-order valence-corrected chi connectivity index (χ0v) is 25.3. The van der Waals surface area contributed by atoms with Crippen LogP contribution < -0.4 is 16.4 Å². The van der Waals surface area contributed by atoms with Crippen molar-refractivity contribution in [3.63, 3.8) is 0 Å². The fourth-order valence-electron chi connectivity index (χ4n) is 4.33. The first-order valence-corrected chi connectivity index (χ1v) is 14.4. The summed E-state index contributed by atoms with van der Waals surface area (Å²) < 4.78 is 5.49. The number of hydrogen-bond donors (Lipinski definition) is 4. The smallest absolute Gasteiger partial charge is 0.417 e. The van der Waals surface area contributed by atoms with E-state index in [0.717, 1.165) is 24.0 Å². The molecule has 2 rings (SSSR count). The maximum Gasteiger partial charge on any atom is 0.417 e. The molecule has 0 aliphatic carbocycles. The van der Waals surface area contributed by atoms with Gasteiger partial charge in [0.1, 0.15) is 18.7 Å². The summed E-state index contributed by atoms with van der Waals surface area (Å²) in [7, 11) is 0. The van der Waals surface area contributed by atoms with Crippen molar-refractivity contribution in [3.05, 3.63) is 60.2 Å². The molecule has 11 nitrogen and oxygen atoms in total. The number of amides is 4. The lowest BCUT2D eigenvalue weighted by Crippen LogP contribution is -2.58. The molecular weight excluding hydrogens is 552 g/mol. The second kappa shape index (κ2) is 17.1. The number of benzene rings is 2. The number of rotatable bonds is 16. The van der Waals surface area contributed by atoms with Crippen LogP contribution in [-0.4, -0.2) is 71.4 Å². The first kappa shape index (κ1) is 35.1. The average molecular weight is 596 g/mol. The van der Waals surface area contributed by atoms with Crippen LogP contribution in [0.2, 0.25) is 0 Å². The average Bonchev–Trinajstić information content (AvgIpc) is 3.01. The van der Waals surface area contributed by atoms with Gasteiger partial charge in [-0.15, -0.1) is 0 Å². The van der Waals surface area contributed by atoms with Crippen LogP contribution in [0.5, 0.6) is 0 Å². The SMILES string of the molecule is CCCCCC(=O)NC([C]=O)C(C)(CO)CNC(=O)[C@H](C)N(C(=O)OCc1ccccc1-c1ccccc1)C(=O)[C@H](C)N. The quantitative estimate of drug-likeness (QED) is 0.215. The summed E-state index contributed by atoms with van der Waals surface area (Å²) in [5.74, 6) is -1.95. The van der Waals surface area contributed by atoms with E-state index in [1.54, 1.807) is 18.4 Å². The molecule has 43 heavy (non-hydrogen) atoms. The van der Waals surface area contributed by atoms with Crippen molar-refractivity contribution in [2.75, 3.05) is 13.2 Å². The molecule has 2 unspecified atom stereocenters. The Labute approximate surface area is 253 Å². The van der Waals surface area contributed by atoms with Crippen molar-refractivity contribution in [2.24, 2.45) is 11.1 Å². The number of nitrogens with zero attached hydrogens (tertiary/aromatic N) is 1. The highest BCUT2D eigenvalue weighted by molar-refractivity contribution is 5.99. The number of carbonyl (C=O) groups is 4. The first-order valence-electron chi connectivity index (χ1n) is 14.4. The highest BCUT2D eigenvalue weighted by Gasteiger charge is 2.39. The molecule has 0 aliphatic heterocycles. The molecule has 0 bridgehead atoms. The third-order valence-electron chi connectivity index (χ3n) is 7.20. The van der Waals surface area contributed by atoms with E-state index in [2.05, 4.69) is 10.6 Å². The Balaban J connectivity index is 2.14. The van der Waals surface area contributed by atoms with E-state index < -0.39 is 48.1 Å². The largest absolute Gasteiger partial charge is 0.444 e. The summed E-state index contributed by atoms with van der Waals surface area (Å²) in [4.78, 5) is 64.0. The van der Waals surface area contributed by atoms with Gasteiger partial charge in [0, 0.05) is 18.4 Å². The van der Waals surface area contributed by atoms with Crippen LogP contribution in [0.4, 0.5) is 4.79 Å². The molecule has 0 heterocycles. The van der Waals surface area contributed by atoms with Crippen molar-refractivity contribution >= 4 is 30.1 Å². The van der Waals surface area contributed by atoms with E-state index in [-0.39, 0.29) is 25.5 Å². The molecule has 0 saturated carbocycles. The highest BCUT2D eigenvalue weighted by Crippen LogP contribution is 2.24. The van der Waals surface area contributed by atoms with Crippen LogP contribution in [-0.2, 0) is 30.5 Å². The zero-order valence-electron chi connectivity index (χ0n) is 25.3. The molecule has 0 aromatic heterocycles. The van der Waals surface area contributed by atoms with Crippen molar-refractivity contribution in [1.29, 1.82) is 0 Å². The number of unbranched alkanes of at least 4 members (excludes halogenated alkanes) is 2. The third kappa shape index (κ3) is 10.0. The predicted octanol–water partition coefficient (Wildman–Crippen LogP) is 2.84. The molecular formula is C32H43N4O7. The number of aliphatic hydroxyl groups is 1. The Hall–Kier alpha value is -4.09. The Morgan fingerprint density at radius 3 is 2.30 bits per heavy atom. The van der Waals surface area contributed by atoms with Gasteiger partial charge in [-0.25, -0.2) is 9.69 Å². The number of ether oxygens (including phenoxy) is 1. The van der Waals surface area contributed by atoms with Gasteiger partial charge in [-0.2, -0.15) is 0 Å². The Bertz CT molecular complexity index is 1240. The van der Waals surface area contributed by atoms with Crippen molar-refractivity contribution in [3.8, 4) is 11.1 Å². The minimum absolute atomic E-state index is 0.168. The fraction of sp³-hybridized carbons (Fsp3) is 0.469. The minimum Gasteiger partial charge on any atom is -0.444 e. The summed E-state index contributed by atoms with van der Waals surface area (Å²) in [5.41, 5.74) is 6.93. The molecule has 0 saturated heterocycles. The van der Waals surface area contributed by atoms with Gasteiger partial charge in [0.2, 0.25) is 24.0 Å². The number of hydrogen-bond acceptors (Lipinski definition) is 8.